The fourth-order valence-corrected chi connectivity index (χ4v) is 6.21. The van der Waals surface area contributed by atoms with Crippen LogP contribution in [-0.2, 0) is 9.84 Å². The SMILES string of the molecule is CCCCC(CC)CC(CCl)(CCl)C1CCS(=O)(=O)C1. The van der Waals surface area contributed by atoms with Gasteiger partial charge in [0.1, 0.15) is 0 Å². The summed E-state index contributed by atoms with van der Waals surface area (Å²) in [5.74, 6) is 2.27. The first-order valence-corrected chi connectivity index (χ1v) is 10.6. The maximum absolute atomic E-state index is 11.8. The molecule has 0 aromatic heterocycles. The second-order valence-electron chi connectivity index (χ2n) is 6.35. The molecule has 0 radical (unpaired) electrons. The smallest absolute Gasteiger partial charge is 0.150 e. The maximum atomic E-state index is 11.8. The predicted octanol–water partition coefficient (Wildman–Crippen LogP) is 4.49. The first-order chi connectivity index (χ1) is 9.43. The Bertz CT molecular complexity index is 377. The Balaban J connectivity index is 2.80. The number of hydrogen-bond donors (Lipinski definition) is 0. The second kappa shape index (κ2) is 8.24. The van der Waals surface area contributed by atoms with E-state index in [4.69, 9.17) is 23.2 Å². The second-order valence-corrected chi connectivity index (χ2v) is 9.11. The molecule has 1 heterocycles. The van der Waals surface area contributed by atoms with Crippen molar-refractivity contribution in [2.45, 2.75) is 52.4 Å². The van der Waals surface area contributed by atoms with Crippen LogP contribution in [0.1, 0.15) is 52.4 Å². The van der Waals surface area contributed by atoms with Gasteiger partial charge < -0.3 is 0 Å². The Kier molecular flexibility index (Phi) is 7.65. The molecule has 2 unspecified atom stereocenters. The van der Waals surface area contributed by atoms with Gasteiger partial charge in [0.05, 0.1) is 11.5 Å². The van der Waals surface area contributed by atoms with Gasteiger partial charge in [-0.05, 0) is 24.7 Å². The molecular weight excluding hydrogens is 315 g/mol. The van der Waals surface area contributed by atoms with E-state index in [-0.39, 0.29) is 17.1 Å². The minimum absolute atomic E-state index is 0.137. The van der Waals surface area contributed by atoms with Gasteiger partial charge in [0.25, 0.3) is 0 Å². The summed E-state index contributed by atoms with van der Waals surface area (Å²) < 4.78 is 23.5. The summed E-state index contributed by atoms with van der Waals surface area (Å²) >= 11 is 12.5. The van der Waals surface area contributed by atoms with E-state index in [1.165, 1.54) is 19.3 Å². The van der Waals surface area contributed by atoms with Crippen LogP contribution in [0.25, 0.3) is 0 Å². The Morgan fingerprint density at radius 1 is 1.25 bits per heavy atom. The predicted molar refractivity (Wildman–Crippen MR) is 88.6 cm³/mol. The molecular formula is C15H28Cl2O2S. The van der Waals surface area contributed by atoms with Crippen molar-refractivity contribution in [2.24, 2.45) is 17.3 Å². The van der Waals surface area contributed by atoms with Crippen molar-refractivity contribution in [1.29, 1.82) is 0 Å². The van der Waals surface area contributed by atoms with Crippen LogP contribution in [0.2, 0.25) is 0 Å². The Labute approximate surface area is 134 Å². The van der Waals surface area contributed by atoms with Crippen molar-refractivity contribution in [3.8, 4) is 0 Å². The lowest BCUT2D eigenvalue weighted by Gasteiger charge is -2.38. The Morgan fingerprint density at radius 2 is 1.90 bits per heavy atom. The van der Waals surface area contributed by atoms with Crippen molar-refractivity contribution in [3.63, 3.8) is 0 Å². The van der Waals surface area contributed by atoms with Crippen molar-refractivity contribution in [2.75, 3.05) is 23.3 Å². The number of hydrogen-bond acceptors (Lipinski definition) is 2. The van der Waals surface area contributed by atoms with Crippen LogP contribution in [-0.4, -0.2) is 31.7 Å². The Hall–Kier alpha value is 0.530. The molecule has 1 fully saturated rings. The zero-order valence-electron chi connectivity index (χ0n) is 12.7. The van der Waals surface area contributed by atoms with Crippen molar-refractivity contribution in [1.82, 2.24) is 0 Å². The van der Waals surface area contributed by atoms with Crippen LogP contribution >= 0.6 is 23.2 Å². The molecule has 1 aliphatic heterocycles. The Morgan fingerprint density at radius 3 is 2.30 bits per heavy atom. The van der Waals surface area contributed by atoms with Crippen LogP contribution in [0.5, 0.6) is 0 Å². The van der Waals surface area contributed by atoms with Gasteiger partial charge in [-0.1, -0.05) is 39.5 Å². The molecule has 5 heteroatoms. The topological polar surface area (TPSA) is 34.1 Å². The standard InChI is InChI=1S/C15H28Cl2O2S/c1-3-5-6-13(4-2)9-15(11-16,12-17)14-7-8-20(18,19)10-14/h13-14H,3-12H2,1-2H3. The maximum Gasteiger partial charge on any atom is 0.150 e. The highest BCUT2D eigenvalue weighted by atomic mass is 35.5. The van der Waals surface area contributed by atoms with E-state index in [0.29, 0.717) is 23.4 Å². The van der Waals surface area contributed by atoms with Gasteiger partial charge in [0.2, 0.25) is 0 Å². The summed E-state index contributed by atoms with van der Waals surface area (Å²) in [6.07, 6.45) is 6.44. The zero-order chi connectivity index (χ0) is 15.2. The van der Waals surface area contributed by atoms with Crippen LogP contribution in [0.4, 0.5) is 0 Å². The van der Waals surface area contributed by atoms with Crippen molar-refractivity contribution >= 4 is 33.0 Å². The summed E-state index contributed by atoms with van der Waals surface area (Å²) in [4.78, 5) is 0. The summed E-state index contributed by atoms with van der Waals surface area (Å²) in [5.41, 5.74) is -0.207. The molecule has 0 saturated carbocycles. The van der Waals surface area contributed by atoms with Gasteiger partial charge in [-0.15, -0.1) is 23.2 Å². The van der Waals surface area contributed by atoms with E-state index in [9.17, 15) is 8.42 Å². The molecule has 1 saturated heterocycles. The molecule has 20 heavy (non-hydrogen) atoms. The summed E-state index contributed by atoms with van der Waals surface area (Å²) in [6.45, 7) is 4.41. The van der Waals surface area contributed by atoms with Crippen LogP contribution in [0.3, 0.4) is 0 Å². The first kappa shape index (κ1) is 18.6. The van der Waals surface area contributed by atoms with Gasteiger partial charge in [0.15, 0.2) is 9.84 Å². The van der Waals surface area contributed by atoms with Crippen LogP contribution < -0.4 is 0 Å². The molecule has 0 spiro atoms. The molecule has 0 aromatic rings. The van der Waals surface area contributed by atoms with Crippen molar-refractivity contribution < 1.29 is 8.42 Å². The highest BCUT2D eigenvalue weighted by molar-refractivity contribution is 7.91. The molecule has 120 valence electrons. The van der Waals surface area contributed by atoms with Gasteiger partial charge in [-0.3, -0.25) is 0 Å². The van der Waals surface area contributed by atoms with Gasteiger partial charge >= 0.3 is 0 Å². The lowest BCUT2D eigenvalue weighted by atomic mass is 9.71. The molecule has 0 bridgehead atoms. The third kappa shape index (κ3) is 4.78. The van der Waals surface area contributed by atoms with E-state index in [2.05, 4.69) is 13.8 Å². The highest BCUT2D eigenvalue weighted by Gasteiger charge is 2.44. The average Bonchev–Trinajstić information content (AvgIpc) is 2.80. The number of rotatable bonds is 9. The quantitative estimate of drug-likeness (QED) is 0.578. The lowest BCUT2D eigenvalue weighted by molar-refractivity contribution is 0.177. The van der Waals surface area contributed by atoms with Crippen LogP contribution in [0, 0.1) is 17.3 Å². The fraction of sp³-hybridized carbons (Fsp3) is 1.00. The third-order valence-electron chi connectivity index (χ3n) is 4.87. The molecule has 2 nitrogen and oxygen atoms in total. The number of halogens is 2. The van der Waals surface area contributed by atoms with Crippen molar-refractivity contribution in [3.05, 3.63) is 0 Å². The summed E-state index contributed by atoms with van der Waals surface area (Å²) in [6, 6.07) is 0. The minimum Gasteiger partial charge on any atom is -0.229 e. The average molecular weight is 343 g/mol. The number of sulfone groups is 1. The molecule has 2 atom stereocenters. The monoisotopic (exact) mass is 342 g/mol. The number of unbranched alkanes of at least 4 members (excludes halogenated alkanes) is 1. The largest absolute Gasteiger partial charge is 0.229 e. The van der Waals surface area contributed by atoms with Crippen LogP contribution in [0.15, 0.2) is 0 Å². The molecule has 1 rings (SSSR count). The zero-order valence-corrected chi connectivity index (χ0v) is 15.0. The third-order valence-corrected chi connectivity index (χ3v) is 7.70. The highest BCUT2D eigenvalue weighted by Crippen LogP contribution is 2.44. The van der Waals surface area contributed by atoms with Gasteiger partial charge in [0, 0.05) is 17.2 Å². The minimum atomic E-state index is -2.88. The molecule has 0 amide bonds. The summed E-state index contributed by atoms with van der Waals surface area (Å²) in [5, 5.41) is 0. The van der Waals surface area contributed by atoms with E-state index < -0.39 is 9.84 Å². The van der Waals surface area contributed by atoms with Gasteiger partial charge in [-0.25, -0.2) is 8.42 Å². The first-order valence-electron chi connectivity index (χ1n) is 7.75. The van der Waals surface area contributed by atoms with Gasteiger partial charge in [-0.2, -0.15) is 0 Å². The van der Waals surface area contributed by atoms with E-state index in [1.54, 1.807) is 0 Å². The lowest BCUT2D eigenvalue weighted by Crippen LogP contribution is -2.37. The molecule has 0 aliphatic carbocycles. The number of alkyl halides is 2. The molecule has 1 aliphatic rings. The van der Waals surface area contributed by atoms with E-state index >= 15 is 0 Å². The fourth-order valence-electron chi connectivity index (χ4n) is 3.33. The van der Waals surface area contributed by atoms with E-state index in [1.807, 2.05) is 0 Å². The van der Waals surface area contributed by atoms with E-state index in [0.717, 1.165) is 19.3 Å². The molecule has 0 N–H and O–H groups in total. The summed E-state index contributed by atoms with van der Waals surface area (Å²) in [7, 11) is -2.88. The molecule has 0 aromatic carbocycles. The normalized spacial score (nSPS) is 23.9.